The van der Waals surface area contributed by atoms with Gasteiger partial charge < -0.3 is 5.32 Å². The number of rotatable bonds is 6. The molecule has 0 bridgehead atoms. The number of nitrogens with one attached hydrogen (secondary N) is 1. The standard InChI is InChI=1S/C15H24BrNS/c1-5-17-14(11-18-15(2,3)4)10-12-6-8-13(16)9-7-12/h6-9,14,17H,5,10-11H2,1-4H3. The molecular weight excluding hydrogens is 306 g/mol. The first-order valence-corrected chi connectivity index (χ1v) is 8.30. The molecule has 0 saturated heterocycles. The predicted octanol–water partition coefficient (Wildman–Crippen LogP) is 4.50. The second-order valence-corrected chi connectivity index (χ2v) is 8.27. The Kier molecular flexibility index (Phi) is 6.75. The molecule has 0 fully saturated rings. The van der Waals surface area contributed by atoms with Crippen molar-refractivity contribution >= 4 is 27.7 Å². The molecule has 0 radical (unpaired) electrons. The van der Waals surface area contributed by atoms with Gasteiger partial charge in [0.1, 0.15) is 0 Å². The van der Waals surface area contributed by atoms with Gasteiger partial charge in [-0.1, -0.05) is 55.8 Å². The molecule has 102 valence electrons. The van der Waals surface area contributed by atoms with Crippen LogP contribution in [0.1, 0.15) is 33.3 Å². The van der Waals surface area contributed by atoms with E-state index in [1.807, 2.05) is 11.8 Å². The fourth-order valence-electron chi connectivity index (χ4n) is 1.73. The molecule has 18 heavy (non-hydrogen) atoms. The second-order valence-electron chi connectivity index (χ2n) is 5.51. The molecule has 1 atom stereocenters. The summed E-state index contributed by atoms with van der Waals surface area (Å²) in [4.78, 5) is 0. The smallest absolute Gasteiger partial charge is 0.0198 e. The first kappa shape index (κ1) is 16.1. The maximum absolute atomic E-state index is 3.59. The zero-order valence-electron chi connectivity index (χ0n) is 11.8. The topological polar surface area (TPSA) is 12.0 Å². The first-order chi connectivity index (χ1) is 8.40. The van der Waals surface area contributed by atoms with E-state index in [9.17, 15) is 0 Å². The number of hydrogen-bond donors (Lipinski definition) is 1. The first-order valence-electron chi connectivity index (χ1n) is 6.52. The van der Waals surface area contributed by atoms with E-state index in [4.69, 9.17) is 0 Å². The van der Waals surface area contributed by atoms with Gasteiger partial charge >= 0.3 is 0 Å². The molecule has 1 aromatic carbocycles. The molecular formula is C15H24BrNS. The van der Waals surface area contributed by atoms with Crippen LogP contribution in [0.5, 0.6) is 0 Å². The third-order valence-electron chi connectivity index (χ3n) is 2.61. The average Bonchev–Trinajstić information content (AvgIpc) is 2.28. The largest absolute Gasteiger partial charge is 0.313 e. The number of benzene rings is 1. The zero-order valence-corrected chi connectivity index (χ0v) is 14.2. The lowest BCUT2D eigenvalue weighted by Gasteiger charge is -2.23. The molecule has 0 heterocycles. The Labute approximate surface area is 124 Å². The van der Waals surface area contributed by atoms with Crippen molar-refractivity contribution in [2.45, 2.75) is 44.9 Å². The van der Waals surface area contributed by atoms with Crippen LogP contribution in [0, 0.1) is 0 Å². The molecule has 0 aliphatic rings. The van der Waals surface area contributed by atoms with Gasteiger partial charge in [-0.2, -0.15) is 11.8 Å². The van der Waals surface area contributed by atoms with Crippen LogP contribution in [0.4, 0.5) is 0 Å². The van der Waals surface area contributed by atoms with Crippen molar-refractivity contribution in [2.75, 3.05) is 12.3 Å². The molecule has 0 amide bonds. The van der Waals surface area contributed by atoms with Crippen LogP contribution in [0.25, 0.3) is 0 Å². The Morgan fingerprint density at radius 2 is 1.83 bits per heavy atom. The van der Waals surface area contributed by atoms with E-state index in [-0.39, 0.29) is 0 Å². The third kappa shape index (κ3) is 6.81. The number of thioether (sulfide) groups is 1. The molecule has 1 unspecified atom stereocenters. The van der Waals surface area contributed by atoms with E-state index in [1.54, 1.807) is 0 Å². The van der Waals surface area contributed by atoms with E-state index >= 15 is 0 Å². The van der Waals surface area contributed by atoms with Gasteiger partial charge in [-0.3, -0.25) is 0 Å². The summed E-state index contributed by atoms with van der Waals surface area (Å²) in [5.41, 5.74) is 1.40. The average molecular weight is 330 g/mol. The molecule has 1 rings (SSSR count). The number of likely N-dealkylation sites (N-methyl/N-ethyl adjacent to an activating group) is 1. The maximum atomic E-state index is 3.59. The summed E-state index contributed by atoms with van der Waals surface area (Å²) < 4.78 is 1.49. The highest BCUT2D eigenvalue weighted by Crippen LogP contribution is 2.24. The molecule has 0 aromatic heterocycles. The van der Waals surface area contributed by atoms with Crippen LogP contribution in [-0.2, 0) is 6.42 Å². The van der Waals surface area contributed by atoms with Gasteiger partial charge in [0, 0.05) is 21.0 Å². The lowest BCUT2D eigenvalue weighted by Crippen LogP contribution is -2.34. The monoisotopic (exact) mass is 329 g/mol. The molecule has 0 spiro atoms. The van der Waals surface area contributed by atoms with Gasteiger partial charge in [-0.05, 0) is 30.7 Å². The fourth-order valence-corrected chi connectivity index (χ4v) is 2.94. The minimum absolute atomic E-state index is 0.341. The van der Waals surface area contributed by atoms with E-state index in [2.05, 4.69) is 73.2 Å². The quantitative estimate of drug-likeness (QED) is 0.824. The second kappa shape index (κ2) is 7.56. The molecule has 3 heteroatoms. The van der Waals surface area contributed by atoms with Crippen molar-refractivity contribution < 1.29 is 0 Å². The third-order valence-corrected chi connectivity index (χ3v) is 4.57. The van der Waals surface area contributed by atoms with Crippen LogP contribution < -0.4 is 5.32 Å². The summed E-state index contributed by atoms with van der Waals surface area (Å²) in [6.45, 7) is 10.0. The predicted molar refractivity (Wildman–Crippen MR) is 87.5 cm³/mol. The van der Waals surface area contributed by atoms with Gasteiger partial charge in [0.25, 0.3) is 0 Å². The Hall–Kier alpha value is 0.01000. The van der Waals surface area contributed by atoms with E-state index in [1.165, 1.54) is 5.56 Å². The van der Waals surface area contributed by atoms with E-state index in [0.29, 0.717) is 10.8 Å². The molecule has 1 N–H and O–H groups in total. The molecule has 0 aliphatic carbocycles. The number of halogens is 1. The van der Waals surface area contributed by atoms with E-state index < -0.39 is 0 Å². The van der Waals surface area contributed by atoms with Crippen molar-refractivity contribution in [1.29, 1.82) is 0 Å². The Balaban J connectivity index is 2.54. The molecule has 1 nitrogen and oxygen atoms in total. The maximum Gasteiger partial charge on any atom is 0.0198 e. The summed E-state index contributed by atoms with van der Waals surface area (Å²) in [7, 11) is 0. The highest BCUT2D eigenvalue weighted by atomic mass is 79.9. The van der Waals surface area contributed by atoms with Crippen molar-refractivity contribution in [3.63, 3.8) is 0 Å². The molecule has 1 aromatic rings. The van der Waals surface area contributed by atoms with Crippen LogP contribution in [0.15, 0.2) is 28.7 Å². The van der Waals surface area contributed by atoms with Gasteiger partial charge in [-0.15, -0.1) is 0 Å². The van der Waals surface area contributed by atoms with Crippen molar-refractivity contribution in [3.05, 3.63) is 34.3 Å². The van der Waals surface area contributed by atoms with Gasteiger partial charge in [0.05, 0.1) is 0 Å². The molecule has 0 saturated carbocycles. The minimum Gasteiger partial charge on any atom is -0.313 e. The number of hydrogen-bond acceptors (Lipinski definition) is 2. The van der Waals surface area contributed by atoms with Gasteiger partial charge in [0.2, 0.25) is 0 Å². The summed E-state index contributed by atoms with van der Waals surface area (Å²) in [6, 6.07) is 9.21. The fraction of sp³-hybridized carbons (Fsp3) is 0.600. The molecule has 0 aliphatic heterocycles. The lowest BCUT2D eigenvalue weighted by molar-refractivity contribution is 0.570. The van der Waals surface area contributed by atoms with Crippen molar-refractivity contribution in [3.8, 4) is 0 Å². The summed E-state index contributed by atoms with van der Waals surface area (Å²) in [5, 5.41) is 3.59. The van der Waals surface area contributed by atoms with E-state index in [0.717, 1.165) is 23.2 Å². The summed E-state index contributed by atoms with van der Waals surface area (Å²) in [5.74, 6) is 1.16. The highest BCUT2D eigenvalue weighted by molar-refractivity contribution is 9.10. The Morgan fingerprint density at radius 1 is 1.22 bits per heavy atom. The van der Waals surface area contributed by atoms with Gasteiger partial charge in [-0.25, -0.2) is 0 Å². The van der Waals surface area contributed by atoms with Crippen LogP contribution in [-0.4, -0.2) is 23.1 Å². The minimum atomic E-state index is 0.341. The van der Waals surface area contributed by atoms with Crippen molar-refractivity contribution in [1.82, 2.24) is 5.32 Å². The normalized spacial score (nSPS) is 13.6. The highest BCUT2D eigenvalue weighted by Gasteiger charge is 2.15. The van der Waals surface area contributed by atoms with Crippen LogP contribution in [0.2, 0.25) is 0 Å². The van der Waals surface area contributed by atoms with Crippen molar-refractivity contribution in [2.24, 2.45) is 0 Å². The Morgan fingerprint density at radius 3 is 2.33 bits per heavy atom. The van der Waals surface area contributed by atoms with Crippen LogP contribution in [0.3, 0.4) is 0 Å². The summed E-state index contributed by atoms with van der Waals surface area (Å²) in [6.07, 6.45) is 1.10. The lowest BCUT2D eigenvalue weighted by atomic mass is 10.1. The zero-order chi connectivity index (χ0) is 13.6. The van der Waals surface area contributed by atoms with Gasteiger partial charge in [0.15, 0.2) is 0 Å². The SMILES string of the molecule is CCNC(CSC(C)(C)C)Cc1ccc(Br)cc1. The Bertz CT molecular complexity index is 343. The van der Waals surface area contributed by atoms with Crippen LogP contribution >= 0.6 is 27.7 Å². The summed E-state index contributed by atoms with van der Waals surface area (Å²) >= 11 is 5.51.